The van der Waals surface area contributed by atoms with Crippen LogP contribution < -0.4 is 20.1 Å². The molecule has 3 aromatic carbocycles. The summed E-state index contributed by atoms with van der Waals surface area (Å²) in [6.45, 7) is 0.594. The number of hydrogen-bond donors (Lipinski definition) is 2. The smallest absolute Gasteiger partial charge is 0.171 e. The normalized spacial score (nSPS) is 10.3. The Bertz CT molecular complexity index is 891. The largest absolute Gasteiger partial charge is 0.493 e. The van der Waals surface area contributed by atoms with Crippen molar-refractivity contribution in [3.63, 3.8) is 0 Å². The first-order valence-electron chi connectivity index (χ1n) is 7.95. The van der Waals surface area contributed by atoms with E-state index in [9.17, 15) is 0 Å². The Hall–Kier alpha value is -2.79. The molecule has 0 heterocycles. The van der Waals surface area contributed by atoms with Gasteiger partial charge in [0.1, 0.15) is 0 Å². The molecule has 0 fully saturated rings. The SMILES string of the molecule is COc1ccc(CNC(=S)Nc2cccc3ccccc23)cc1OC. The molecule has 3 aromatic rings. The van der Waals surface area contributed by atoms with E-state index in [2.05, 4.69) is 28.8 Å². The molecule has 25 heavy (non-hydrogen) atoms. The van der Waals surface area contributed by atoms with Crippen LogP contribution in [0.4, 0.5) is 5.69 Å². The summed E-state index contributed by atoms with van der Waals surface area (Å²) in [5.41, 5.74) is 2.04. The summed E-state index contributed by atoms with van der Waals surface area (Å²) >= 11 is 5.43. The van der Waals surface area contributed by atoms with E-state index in [-0.39, 0.29) is 0 Å². The Labute approximate surface area is 152 Å². The molecular weight excluding hydrogens is 332 g/mol. The van der Waals surface area contributed by atoms with Crippen molar-refractivity contribution < 1.29 is 9.47 Å². The van der Waals surface area contributed by atoms with Crippen LogP contribution in [0.15, 0.2) is 60.7 Å². The summed E-state index contributed by atoms with van der Waals surface area (Å²) < 4.78 is 10.6. The molecule has 0 aromatic heterocycles. The third kappa shape index (κ3) is 4.00. The number of benzene rings is 3. The van der Waals surface area contributed by atoms with Gasteiger partial charge >= 0.3 is 0 Å². The zero-order valence-corrected chi connectivity index (χ0v) is 15.0. The highest BCUT2D eigenvalue weighted by atomic mass is 32.1. The molecule has 0 amide bonds. The number of nitrogens with one attached hydrogen (secondary N) is 2. The number of methoxy groups -OCH3 is 2. The molecule has 0 aliphatic carbocycles. The van der Waals surface area contributed by atoms with Gasteiger partial charge in [-0.05, 0) is 41.4 Å². The van der Waals surface area contributed by atoms with Gasteiger partial charge in [-0.15, -0.1) is 0 Å². The van der Waals surface area contributed by atoms with Crippen molar-refractivity contribution in [1.29, 1.82) is 0 Å². The predicted octanol–water partition coefficient (Wildman–Crippen LogP) is 4.34. The number of anilines is 1. The topological polar surface area (TPSA) is 42.5 Å². The van der Waals surface area contributed by atoms with E-state index in [1.54, 1.807) is 14.2 Å². The second kappa shape index (κ2) is 7.85. The molecule has 0 bridgehead atoms. The average Bonchev–Trinajstić information content (AvgIpc) is 2.66. The fourth-order valence-electron chi connectivity index (χ4n) is 2.67. The van der Waals surface area contributed by atoms with Crippen molar-refractivity contribution in [2.45, 2.75) is 6.54 Å². The van der Waals surface area contributed by atoms with Gasteiger partial charge in [0.2, 0.25) is 0 Å². The third-order valence-electron chi connectivity index (χ3n) is 3.94. The second-order valence-electron chi connectivity index (χ2n) is 5.52. The highest BCUT2D eigenvalue weighted by Crippen LogP contribution is 2.27. The molecule has 0 aliphatic heterocycles. The van der Waals surface area contributed by atoms with Crippen molar-refractivity contribution in [3.8, 4) is 11.5 Å². The van der Waals surface area contributed by atoms with Crippen LogP contribution >= 0.6 is 12.2 Å². The number of ether oxygens (including phenoxy) is 2. The van der Waals surface area contributed by atoms with Gasteiger partial charge in [0.25, 0.3) is 0 Å². The maximum Gasteiger partial charge on any atom is 0.171 e. The second-order valence-corrected chi connectivity index (χ2v) is 5.93. The van der Waals surface area contributed by atoms with Crippen molar-refractivity contribution in [1.82, 2.24) is 5.32 Å². The molecule has 2 N–H and O–H groups in total. The molecule has 0 saturated heterocycles. The first kappa shape index (κ1) is 17.0. The van der Waals surface area contributed by atoms with E-state index >= 15 is 0 Å². The van der Waals surface area contributed by atoms with Crippen LogP contribution in [0.25, 0.3) is 10.8 Å². The highest BCUT2D eigenvalue weighted by molar-refractivity contribution is 7.80. The van der Waals surface area contributed by atoms with Gasteiger partial charge in [-0.1, -0.05) is 42.5 Å². The van der Waals surface area contributed by atoms with Crippen LogP contribution in [0.3, 0.4) is 0 Å². The van der Waals surface area contributed by atoms with E-state index in [1.165, 1.54) is 5.39 Å². The minimum Gasteiger partial charge on any atom is -0.493 e. The Balaban J connectivity index is 1.67. The third-order valence-corrected chi connectivity index (χ3v) is 4.19. The number of thiocarbonyl (C=S) groups is 1. The maximum atomic E-state index is 5.43. The maximum absolute atomic E-state index is 5.43. The minimum absolute atomic E-state index is 0.575. The molecule has 4 nitrogen and oxygen atoms in total. The lowest BCUT2D eigenvalue weighted by Gasteiger charge is -2.14. The van der Waals surface area contributed by atoms with E-state index in [0.29, 0.717) is 23.2 Å². The molecule has 0 radical (unpaired) electrons. The minimum atomic E-state index is 0.575. The fraction of sp³-hybridized carbons (Fsp3) is 0.150. The quantitative estimate of drug-likeness (QED) is 0.669. The van der Waals surface area contributed by atoms with Crippen molar-refractivity contribution in [3.05, 3.63) is 66.2 Å². The molecule has 0 atom stereocenters. The molecule has 0 aliphatic rings. The van der Waals surface area contributed by atoms with Crippen molar-refractivity contribution >= 4 is 33.8 Å². The summed E-state index contributed by atoms with van der Waals surface area (Å²) in [4.78, 5) is 0. The zero-order valence-electron chi connectivity index (χ0n) is 14.2. The number of rotatable bonds is 5. The summed E-state index contributed by atoms with van der Waals surface area (Å²) in [6.07, 6.45) is 0. The highest BCUT2D eigenvalue weighted by Gasteiger charge is 2.06. The molecular formula is C20H20N2O2S. The van der Waals surface area contributed by atoms with Crippen LogP contribution in [-0.2, 0) is 6.54 Å². The lowest BCUT2D eigenvalue weighted by atomic mass is 10.1. The summed E-state index contributed by atoms with van der Waals surface area (Å²) in [5, 5.41) is 9.39. The lowest BCUT2D eigenvalue weighted by Crippen LogP contribution is -2.27. The van der Waals surface area contributed by atoms with Crippen LogP contribution in [0.2, 0.25) is 0 Å². The molecule has 0 spiro atoms. The molecule has 5 heteroatoms. The van der Waals surface area contributed by atoms with Gasteiger partial charge in [-0.3, -0.25) is 0 Å². The standard InChI is InChI=1S/C20H20N2O2S/c1-23-18-11-10-14(12-19(18)24-2)13-21-20(25)22-17-9-5-7-15-6-3-4-8-16(15)17/h3-12H,13H2,1-2H3,(H2,21,22,25). The van der Waals surface area contributed by atoms with E-state index < -0.39 is 0 Å². The van der Waals surface area contributed by atoms with Gasteiger partial charge < -0.3 is 20.1 Å². The zero-order chi connectivity index (χ0) is 17.6. The summed E-state index contributed by atoms with van der Waals surface area (Å²) in [5.74, 6) is 1.41. The van der Waals surface area contributed by atoms with Gasteiger partial charge in [0.05, 0.1) is 14.2 Å². The van der Waals surface area contributed by atoms with Gasteiger partial charge in [0, 0.05) is 17.6 Å². The van der Waals surface area contributed by atoms with E-state index in [4.69, 9.17) is 21.7 Å². The van der Waals surface area contributed by atoms with Crippen LogP contribution in [-0.4, -0.2) is 19.3 Å². The van der Waals surface area contributed by atoms with Gasteiger partial charge in [-0.25, -0.2) is 0 Å². The van der Waals surface area contributed by atoms with E-state index in [0.717, 1.165) is 16.6 Å². The Morgan fingerprint density at radius 2 is 1.68 bits per heavy atom. The predicted molar refractivity (Wildman–Crippen MR) is 107 cm³/mol. The van der Waals surface area contributed by atoms with Gasteiger partial charge in [-0.2, -0.15) is 0 Å². The van der Waals surface area contributed by atoms with Gasteiger partial charge in [0.15, 0.2) is 16.6 Å². The first-order valence-corrected chi connectivity index (χ1v) is 8.35. The first-order chi connectivity index (χ1) is 12.2. The fourth-order valence-corrected chi connectivity index (χ4v) is 2.86. The summed E-state index contributed by atoms with van der Waals surface area (Å²) in [7, 11) is 3.25. The molecule has 0 unspecified atom stereocenters. The van der Waals surface area contributed by atoms with Crippen molar-refractivity contribution in [2.75, 3.05) is 19.5 Å². The molecule has 3 rings (SSSR count). The Morgan fingerprint density at radius 1 is 0.920 bits per heavy atom. The molecule has 128 valence electrons. The van der Waals surface area contributed by atoms with E-state index in [1.807, 2.05) is 42.5 Å². The number of hydrogen-bond acceptors (Lipinski definition) is 3. The lowest BCUT2D eigenvalue weighted by molar-refractivity contribution is 0.354. The van der Waals surface area contributed by atoms with Crippen LogP contribution in [0, 0.1) is 0 Å². The number of fused-ring (bicyclic) bond motifs is 1. The van der Waals surface area contributed by atoms with Crippen LogP contribution in [0.1, 0.15) is 5.56 Å². The molecule has 0 saturated carbocycles. The van der Waals surface area contributed by atoms with Crippen LogP contribution in [0.5, 0.6) is 11.5 Å². The average molecular weight is 352 g/mol. The summed E-state index contributed by atoms with van der Waals surface area (Å²) in [6, 6.07) is 20.1. The Kier molecular flexibility index (Phi) is 5.36. The van der Waals surface area contributed by atoms with Crippen molar-refractivity contribution in [2.24, 2.45) is 0 Å². The Morgan fingerprint density at radius 3 is 2.48 bits per heavy atom. The monoisotopic (exact) mass is 352 g/mol.